The number of hydrogen-bond donors (Lipinski definition) is 0. The number of fused-ring (bicyclic) bond motifs is 1. The Morgan fingerprint density at radius 3 is 2.81 bits per heavy atom. The lowest BCUT2D eigenvalue weighted by atomic mass is 10.1. The number of rotatable bonds is 5. The molecule has 0 saturated carbocycles. The van der Waals surface area contributed by atoms with Crippen LogP contribution in [0.4, 0.5) is 4.39 Å². The molecule has 3 heterocycles. The van der Waals surface area contributed by atoms with Crippen molar-refractivity contribution in [3.8, 4) is 28.3 Å². The van der Waals surface area contributed by atoms with Gasteiger partial charge in [-0.2, -0.15) is 4.98 Å². The van der Waals surface area contributed by atoms with Crippen molar-refractivity contribution in [2.24, 2.45) is 0 Å². The third-order valence-corrected chi connectivity index (χ3v) is 5.70. The van der Waals surface area contributed by atoms with Gasteiger partial charge in [0.1, 0.15) is 22.9 Å². The van der Waals surface area contributed by atoms with Crippen LogP contribution in [0, 0.1) is 5.82 Å². The van der Waals surface area contributed by atoms with Crippen LogP contribution in [0.3, 0.4) is 0 Å². The van der Waals surface area contributed by atoms with E-state index >= 15 is 0 Å². The summed E-state index contributed by atoms with van der Waals surface area (Å²) in [6.07, 6.45) is 1.46. The molecule has 0 radical (unpaired) electrons. The van der Waals surface area contributed by atoms with Gasteiger partial charge in [0.05, 0.1) is 18.8 Å². The Hall–Kier alpha value is -3.85. The van der Waals surface area contributed by atoms with E-state index in [1.54, 1.807) is 25.3 Å². The Balaban J connectivity index is 1.49. The number of methoxy groups -OCH3 is 1. The maximum Gasteiger partial charge on any atom is 0.263 e. The number of aromatic nitrogens is 4. The van der Waals surface area contributed by atoms with E-state index in [1.165, 1.54) is 34.4 Å². The molecule has 5 aromatic rings. The molecule has 31 heavy (non-hydrogen) atoms. The first-order valence-corrected chi connectivity index (χ1v) is 10.2. The molecule has 9 heteroatoms. The Labute approximate surface area is 179 Å². The lowest BCUT2D eigenvalue weighted by Crippen LogP contribution is -2.21. The number of hydrogen-bond acceptors (Lipinski definition) is 7. The summed E-state index contributed by atoms with van der Waals surface area (Å²) < 4.78 is 25.3. The van der Waals surface area contributed by atoms with Crippen molar-refractivity contribution in [3.05, 3.63) is 82.3 Å². The van der Waals surface area contributed by atoms with Crippen LogP contribution in [0.2, 0.25) is 0 Å². The minimum atomic E-state index is -0.331. The fourth-order valence-corrected chi connectivity index (χ4v) is 4.17. The summed E-state index contributed by atoms with van der Waals surface area (Å²) in [7, 11) is 1.58. The Morgan fingerprint density at radius 1 is 1.16 bits per heavy atom. The van der Waals surface area contributed by atoms with Crippen molar-refractivity contribution in [2.45, 2.75) is 6.54 Å². The molecule has 0 atom stereocenters. The van der Waals surface area contributed by atoms with E-state index < -0.39 is 0 Å². The van der Waals surface area contributed by atoms with Gasteiger partial charge in [-0.3, -0.25) is 9.36 Å². The SMILES string of the molecule is COc1cccc(-c2noc(Cn3cnc4scc(-c5ccc(F)cc5)c4c3=O)n2)c1. The highest BCUT2D eigenvalue weighted by Gasteiger charge is 2.16. The van der Waals surface area contributed by atoms with Gasteiger partial charge in [-0.15, -0.1) is 11.3 Å². The van der Waals surface area contributed by atoms with E-state index in [2.05, 4.69) is 15.1 Å². The number of nitrogens with zero attached hydrogens (tertiary/aromatic N) is 4. The van der Waals surface area contributed by atoms with Gasteiger partial charge < -0.3 is 9.26 Å². The minimum absolute atomic E-state index is 0.0808. The van der Waals surface area contributed by atoms with Gasteiger partial charge in [0.25, 0.3) is 5.56 Å². The molecule has 2 aromatic carbocycles. The second-order valence-corrected chi connectivity index (χ2v) is 7.62. The lowest BCUT2D eigenvalue weighted by Gasteiger charge is -2.03. The van der Waals surface area contributed by atoms with Gasteiger partial charge in [0, 0.05) is 16.5 Å². The summed E-state index contributed by atoms with van der Waals surface area (Å²) in [5, 5.41) is 6.33. The summed E-state index contributed by atoms with van der Waals surface area (Å²) in [4.78, 5) is 22.6. The Morgan fingerprint density at radius 2 is 2.00 bits per heavy atom. The molecule has 0 amide bonds. The van der Waals surface area contributed by atoms with Crippen molar-refractivity contribution < 1.29 is 13.7 Å². The second-order valence-electron chi connectivity index (χ2n) is 6.76. The number of ether oxygens (including phenoxy) is 1. The van der Waals surface area contributed by atoms with Crippen molar-refractivity contribution >= 4 is 21.6 Å². The molecule has 7 nitrogen and oxygen atoms in total. The predicted octanol–water partition coefficient (Wildman–Crippen LogP) is 4.37. The topological polar surface area (TPSA) is 83.0 Å². The smallest absolute Gasteiger partial charge is 0.263 e. The monoisotopic (exact) mass is 434 g/mol. The first-order chi connectivity index (χ1) is 15.1. The average molecular weight is 434 g/mol. The van der Waals surface area contributed by atoms with Crippen LogP contribution in [-0.2, 0) is 6.54 Å². The summed E-state index contributed by atoms with van der Waals surface area (Å²) >= 11 is 1.37. The first-order valence-electron chi connectivity index (χ1n) is 9.32. The van der Waals surface area contributed by atoms with Crippen LogP contribution in [-0.4, -0.2) is 26.8 Å². The van der Waals surface area contributed by atoms with Gasteiger partial charge in [-0.25, -0.2) is 9.37 Å². The van der Waals surface area contributed by atoms with Crippen LogP contribution in [0.1, 0.15) is 5.89 Å². The maximum absolute atomic E-state index is 13.3. The number of halogens is 1. The molecule has 3 aromatic heterocycles. The van der Waals surface area contributed by atoms with Gasteiger partial charge in [-0.1, -0.05) is 29.4 Å². The standard InChI is InChI=1S/C22H15FN4O3S/c1-29-16-4-2-3-14(9-16)20-25-18(30-26-20)10-27-12-24-21-19(22(27)28)17(11-31-21)13-5-7-15(23)8-6-13/h2-9,11-12H,10H2,1H3. The molecule has 0 unspecified atom stereocenters. The summed E-state index contributed by atoms with van der Waals surface area (Å²) in [5.74, 6) is 1.03. The normalized spacial score (nSPS) is 11.2. The van der Waals surface area contributed by atoms with Crippen LogP contribution in [0.5, 0.6) is 5.75 Å². The molecule has 0 fully saturated rings. The number of benzene rings is 2. The highest BCUT2D eigenvalue weighted by atomic mass is 32.1. The van der Waals surface area contributed by atoms with Crippen molar-refractivity contribution in [3.63, 3.8) is 0 Å². The van der Waals surface area contributed by atoms with Crippen molar-refractivity contribution in [2.75, 3.05) is 7.11 Å². The summed E-state index contributed by atoms with van der Waals surface area (Å²) in [6, 6.07) is 13.3. The zero-order valence-electron chi connectivity index (χ0n) is 16.3. The maximum atomic E-state index is 13.3. The second kappa shape index (κ2) is 7.77. The minimum Gasteiger partial charge on any atom is -0.497 e. The third kappa shape index (κ3) is 3.59. The highest BCUT2D eigenvalue weighted by molar-refractivity contribution is 7.17. The Bertz CT molecular complexity index is 1440. The van der Waals surface area contributed by atoms with E-state index in [1.807, 2.05) is 23.6 Å². The number of thiophene rings is 1. The van der Waals surface area contributed by atoms with Gasteiger partial charge in [-0.05, 0) is 29.8 Å². The molecular formula is C22H15FN4O3S. The predicted molar refractivity (Wildman–Crippen MR) is 115 cm³/mol. The van der Waals surface area contributed by atoms with Crippen LogP contribution in [0.15, 0.2) is 69.6 Å². The van der Waals surface area contributed by atoms with Gasteiger partial charge in [0.15, 0.2) is 0 Å². The van der Waals surface area contributed by atoms with Gasteiger partial charge in [0.2, 0.25) is 11.7 Å². The van der Waals surface area contributed by atoms with Crippen LogP contribution < -0.4 is 10.3 Å². The lowest BCUT2D eigenvalue weighted by molar-refractivity contribution is 0.369. The van der Waals surface area contributed by atoms with Gasteiger partial charge >= 0.3 is 0 Å². The fourth-order valence-electron chi connectivity index (χ4n) is 3.27. The summed E-state index contributed by atoms with van der Waals surface area (Å²) in [6.45, 7) is 0.0808. The highest BCUT2D eigenvalue weighted by Crippen LogP contribution is 2.30. The van der Waals surface area contributed by atoms with E-state index in [9.17, 15) is 9.18 Å². The van der Waals surface area contributed by atoms with Crippen LogP contribution in [0.25, 0.3) is 32.7 Å². The molecule has 0 aliphatic rings. The molecular weight excluding hydrogens is 419 g/mol. The largest absolute Gasteiger partial charge is 0.497 e. The molecule has 0 aliphatic heterocycles. The summed E-state index contributed by atoms with van der Waals surface area (Å²) in [5.41, 5.74) is 1.98. The molecule has 154 valence electrons. The van der Waals surface area contributed by atoms with Crippen LogP contribution >= 0.6 is 11.3 Å². The van der Waals surface area contributed by atoms with Crippen molar-refractivity contribution in [1.29, 1.82) is 0 Å². The molecule has 0 N–H and O–H groups in total. The molecule has 0 spiro atoms. The quantitative estimate of drug-likeness (QED) is 0.408. The fraction of sp³-hybridized carbons (Fsp3) is 0.0909. The average Bonchev–Trinajstić information content (AvgIpc) is 3.44. The molecule has 0 bridgehead atoms. The van der Waals surface area contributed by atoms with E-state index in [4.69, 9.17) is 9.26 Å². The Kier molecular flexibility index (Phi) is 4.79. The van der Waals surface area contributed by atoms with E-state index in [0.29, 0.717) is 21.8 Å². The molecule has 0 aliphatic carbocycles. The zero-order chi connectivity index (χ0) is 21.4. The zero-order valence-corrected chi connectivity index (χ0v) is 17.1. The van der Waals surface area contributed by atoms with E-state index in [-0.39, 0.29) is 23.8 Å². The first kappa shape index (κ1) is 19.1. The van der Waals surface area contributed by atoms with Crippen molar-refractivity contribution in [1.82, 2.24) is 19.7 Å². The van der Waals surface area contributed by atoms with E-state index in [0.717, 1.165) is 16.7 Å². The molecule has 0 saturated heterocycles. The third-order valence-electron chi connectivity index (χ3n) is 4.82. The molecule has 5 rings (SSSR count).